The summed E-state index contributed by atoms with van der Waals surface area (Å²) in [6.07, 6.45) is 6.48. The molecule has 0 N–H and O–H groups in total. The van der Waals surface area contributed by atoms with Gasteiger partial charge in [-0.15, -0.1) is 0 Å². The maximum Gasteiger partial charge on any atom is 0.127 e. The fourth-order valence-corrected chi connectivity index (χ4v) is 1.69. The minimum absolute atomic E-state index is 0.169. The van der Waals surface area contributed by atoms with Gasteiger partial charge in [0.2, 0.25) is 0 Å². The van der Waals surface area contributed by atoms with Crippen LogP contribution in [-0.2, 0) is 6.42 Å². The lowest BCUT2D eigenvalue weighted by molar-refractivity contribution is 0.613. The first-order chi connectivity index (χ1) is 8.90. The molecule has 0 aliphatic rings. The van der Waals surface area contributed by atoms with Gasteiger partial charge >= 0.3 is 0 Å². The third kappa shape index (κ3) is 5.09. The standard InChI is InChI=1S/C18H21F/c1-13(2)7-6-8-15(5)11-17-10-9-16(14(3)4)12-18(17)19/h6-10,12H,1,3,11H2,2,4-5H3/b7-6-,15-8?. The lowest BCUT2D eigenvalue weighted by Crippen LogP contribution is -1.93. The molecule has 0 unspecified atom stereocenters. The van der Waals surface area contributed by atoms with E-state index in [1.807, 2.05) is 51.1 Å². The minimum Gasteiger partial charge on any atom is -0.207 e. The normalized spacial score (nSPS) is 11.9. The van der Waals surface area contributed by atoms with E-state index >= 15 is 0 Å². The summed E-state index contributed by atoms with van der Waals surface area (Å²) >= 11 is 0. The summed E-state index contributed by atoms with van der Waals surface area (Å²) in [6.45, 7) is 13.4. The second kappa shape index (κ2) is 6.89. The van der Waals surface area contributed by atoms with Crippen molar-refractivity contribution in [3.05, 3.63) is 77.7 Å². The predicted molar refractivity (Wildman–Crippen MR) is 82.5 cm³/mol. The maximum atomic E-state index is 13.9. The van der Waals surface area contributed by atoms with Crippen molar-refractivity contribution in [3.63, 3.8) is 0 Å². The average Bonchev–Trinajstić information content (AvgIpc) is 2.31. The predicted octanol–water partition coefficient (Wildman–Crippen LogP) is 5.48. The number of allylic oxidation sites excluding steroid dienone is 6. The van der Waals surface area contributed by atoms with Crippen molar-refractivity contribution >= 4 is 5.57 Å². The number of halogens is 1. The van der Waals surface area contributed by atoms with E-state index in [2.05, 4.69) is 13.2 Å². The molecule has 0 radical (unpaired) electrons. The van der Waals surface area contributed by atoms with Gasteiger partial charge in [-0.3, -0.25) is 0 Å². The molecule has 100 valence electrons. The van der Waals surface area contributed by atoms with Crippen molar-refractivity contribution in [1.29, 1.82) is 0 Å². The van der Waals surface area contributed by atoms with Crippen LogP contribution >= 0.6 is 0 Å². The van der Waals surface area contributed by atoms with Gasteiger partial charge in [0.15, 0.2) is 0 Å². The number of rotatable bonds is 5. The minimum atomic E-state index is -0.169. The Hall–Kier alpha value is -1.89. The summed E-state index contributed by atoms with van der Waals surface area (Å²) in [6, 6.07) is 5.30. The molecule has 0 aromatic heterocycles. The lowest BCUT2D eigenvalue weighted by Gasteiger charge is -2.06. The Morgan fingerprint density at radius 3 is 2.42 bits per heavy atom. The summed E-state index contributed by atoms with van der Waals surface area (Å²) in [5, 5.41) is 0. The Balaban J connectivity index is 2.83. The molecule has 0 aliphatic heterocycles. The highest BCUT2D eigenvalue weighted by Crippen LogP contribution is 2.18. The first-order valence-electron chi connectivity index (χ1n) is 6.34. The van der Waals surface area contributed by atoms with E-state index in [0.29, 0.717) is 12.0 Å². The van der Waals surface area contributed by atoms with E-state index < -0.39 is 0 Å². The molecule has 1 rings (SSSR count). The molecule has 0 saturated heterocycles. The zero-order chi connectivity index (χ0) is 14.4. The second-order valence-electron chi connectivity index (χ2n) is 4.98. The van der Waals surface area contributed by atoms with Crippen LogP contribution in [0.5, 0.6) is 0 Å². The fourth-order valence-electron chi connectivity index (χ4n) is 1.69. The smallest absolute Gasteiger partial charge is 0.127 e. The molecule has 0 aliphatic carbocycles. The third-order valence-electron chi connectivity index (χ3n) is 2.78. The van der Waals surface area contributed by atoms with Crippen molar-refractivity contribution in [2.24, 2.45) is 0 Å². The SMILES string of the molecule is C=C(C)/C=C\C=C(C)Cc1ccc(C(=C)C)cc1F. The van der Waals surface area contributed by atoms with E-state index in [-0.39, 0.29) is 5.82 Å². The van der Waals surface area contributed by atoms with Crippen LogP contribution in [0.15, 0.2) is 60.7 Å². The molecule has 0 atom stereocenters. The summed E-state index contributed by atoms with van der Waals surface area (Å²) in [7, 11) is 0. The Kier molecular flexibility index (Phi) is 5.50. The van der Waals surface area contributed by atoms with Crippen LogP contribution in [0.25, 0.3) is 5.57 Å². The third-order valence-corrected chi connectivity index (χ3v) is 2.78. The van der Waals surface area contributed by atoms with Gasteiger partial charge in [0.25, 0.3) is 0 Å². The van der Waals surface area contributed by atoms with E-state index in [1.54, 1.807) is 6.07 Å². The zero-order valence-corrected chi connectivity index (χ0v) is 12.0. The molecule has 0 nitrogen and oxygen atoms in total. The van der Waals surface area contributed by atoms with Crippen LogP contribution < -0.4 is 0 Å². The van der Waals surface area contributed by atoms with Gasteiger partial charge in [0, 0.05) is 0 Å². The maximum absolute atomic E-state index is 13.9. The summed E-state index contributed by atoms with van der Waals surface area (Å²) in [5.74, 6) is -0.169. The van der Waals surface area contributed by atoms with Gasteiger partial charge in [0.05, 0.1) is 0 Å². The van der Waals surface area contributed by atoms with Gasteiger partial charge in [-0.05, 0) is 44.4 Å². The first-order valence-corrected chi connectivity index (χ1v) is 6.34. The highest BCUT2D eigenvalue weighted by molar-refractivity contribution is 5.61. The summed E-state index contributed by atoms with van der Waals surface area (Å²) < 4.78 is 13.9. The molecule has 1 heteroatoms. The molecule has 1 aromatic carbocycles. The second-order valence-corrected chi connectivity index (χ2v) is 4.98. The quantitative estimate of drug-likeness (QED) is 0.612. The van der Waals surface area contributed by atoms with Crippen molar-refractivity contribution in [1.82, 2.24) is 0 Å². The Morgan fingerprint density at radius 2 is 1.89 bits per heavy atom. The van der Waals surface area contributed by atoms with Gasteiger partial charge in [-0.2, -0.15) is 0 Å². The summed E-state index contributed by atoms with van der Waals surface area (Å²) in [5.41, 5.74) is 4.55. The van der Waals surface area contributed by atoms with Gasteiger partial charge in [0.1, 0.15) is 5.82 Å². The van der Waals surface area contributed by atoms with Crippen molar-refractivity contribution in [3.8, 4) is 0 Å². The molecule has 0 spiro atoms. The van der Waals surface area contributed by atoms with Crippen LogP contribution in [-0.4, -0.2) is 0 Å². The van der Waals surface area contributed by atoms with Crippen LogP contribution in [0.2, 0.25) is 0 Å². The number of benzene rings is 1. The van der Waals surface area contributed by atoms with Gasteiger partial charge < -0.3 is 0 Å². The van der Waals surface area contributed by atoms with E-state index in [1.165, 1.54) is 0 Å². The van der Waals surface area contributed by atoms with E-state index in [4.69, 9.17) is 0 Å². The van der Waals surface area contributed by atoms with E-state index in [0.717, 1.165) is 22.3 Å². The zero-order valence-electron chi connectivity index (χ0n) is 12.0. The van der Waals surface area contributed by atoms with Crippen molar-refractivity contribution < 1.29 is 4.39 Å². The highest BCUT2D eigenvalue weighted by Gasteiger charge is 2.04. The number of hydrogen-bond donors (Lipinski definition) is 0. The Bertz CT molecular complexity index is 545. The first kappa shape index (κ1) is 15.2. The van der Waals surface area contributed by atoms with Crippen molar-refractivity contribution in [2.75, 3.05) is 0 Å². The molecular formula is C18H21F. The van der Waals surface area contributed by atoms with Gasteiger partial charge in [-0.25, -0.2) is 4.39 Å². The van der Waals surface area contributed by atoms with E-state index in [9.17, 15) is 4.39 Å². The average molecular weight is 256 g/mol. The molecule has 0 amide bonds. The fraction of sp³-hybridized carbons (Fsp3) is 0.222. The molecule has 19 heavy (non-hydrogen) atoms. The molecule has 1 aromatic rings. The molecule has 0 fully saturated rings. The largest absolute Gasteiger partial charge is 0.207 e. The van der Waals surface area contributed by atoms with Crippen LogP contribution in [0.1, 0.15) is 31.9 Å². The molecular weight excluding hydrogens is 235 g/mol. The van der Waals surface area contributed by atoms with Crippen molar-refractivity contribution in [2.45, 2.75) is 27.2 Å². The van der Waals surface area contributed by atoms with Crippen LogP contribution in [0.4, 0.5) is 4.39 Å². The molecule has 0 saturated carbocycles. The monoisotopic (exact) mass is 256 g/mol. The number of hydrogen-bond acceptors (Lipinski definition) is 0. The van der Waals surface area contributed by atoms with Gasteiger partial charge in [-0.1, -0.05) is 60.2 Å². The molecule has 0 heterocycles. The molecule has 0 bridgehead atoms. The van der Waals surface area contributed by atoms with Crippen LogP contribution in [0, 0.1) is 5.82 Å². The lowest BCUT2D eigenvalue weighted by atomic mass is 10.0. The topological polar surface area (TPSA) is 0 Å². The Labute approximate surface area is 115 Å². The highest BCUT2D eigenvalue weighted by atomic mass is 19.1. The summed E-state index contributed by atoms with van der Waals surface area (Å²) in [4.78, 5) is 0. The van der Waals surface area contributed by atoms with Crippen LogP contribution in [0.3, 0.4) is 0 Å². The Morgan fingerprint density at radius 1 is 1.21 bits per heavy atom.